The first kappa shape index (κ1) is 16.9. The highest BCUT2D eigenvalue weighted by molar-refractivity contribution is 5.48. The lowest BCUT2D eigenvalue weighted by Crippen LogP contribution is -2.40. The maximum Gasteiger partial charge on any atom is 0.123 e. The zero-order valence-corrected chi connectivity index (χ0v) is 14.4. The second kappa shape index (κ2) is 8.25. The first-order valence-corrected chi connectivity index (χ1v) is 8.86. The fraction of sp³-hybridized carbons (Fsp3) is 0.450. The van der Waals surface area contributed by atoms with Crippen molar-refractivity contribution in [1.82, 2.24) is 14.5 Å². The minimum Gasteiger partial charge on any atom is -0.335 e. The minimum absolute atomic E-state index is 0.182. The van der Waals surface area contributed by atoms with E-state index in [9.17, 15) is 4.39 Å². The number of piperidine rings is 1. The Hall–Kier alpha value is -1.94. The number of hydrogen-bond acceptors (Lipinski definition) is 2. The summed E-state index contributed by atoms with van der Waals surface area (Å²) in [6, 6.07) is 7.30. The van der Waals surface area contributed by atoms with Crippen molar-refractivity contribution in [2.24, 2.45) is 0 Å². The average molecular weight is 327 g/mol. The van der Waals surface area contributed by atoms with E-state index >= 15 is 0 Å². The van der Waals surface area contributed by atoms with Crippen LogP contribution in [0.2, 0.25) is 0 Å². The maximum absolute atomic E-state index is 12.9. The first-order valence-electron chi connectivity index (χ1n) is 8.86. The molecular weight excluding hydrogens is 301 g/mol. The molecule has 3 rings (SSSR count). The molecule has 0 bridgehead atoms. The lowest BCUT2D eigenvalue weighted by Gasteiger charge is -2.35. The van der Waals surface area contributed by atoms with Gasteiger partial charge in [-0.1, -0.05) is 30.7 Å². The van der Waals surface area contributed by atoms with Crippen molar-refractivity contribution in [2.45, 2.75) is 45.2 Å². The number of rotatable bonds is 6. The fourth-order valence-electron chi connectivity index (χ4n) is 3.45. The van der Waals surface area contributed by atoms with Crippen LogP contribution in [0.25, 0.3) is 6.08 Å². The van der Waals surface area contributed by atoms with E-state index < -0.39 is 0 Å². The largest absolute Gasteiger partial charge is 0.335 e. The van der Waals surface area contributed by atoms with Gasteiger partial charge in [-0.2, -0.15) is 0 Å². The summed E-state index contributed by atoms with van der Waals surface area (Å²) in [5.41, 5.74) is 1.05. The van der Waals surface area contributed by atoms with Crippen LogP contribution in [0, 0.1) is 12.7 Å². The van der Waals surface area contributed by atoms with Gasteiger partial charge < -0.3 is 4.57 Å². The van der Waals surface area contributed by atoms with Crippen LogP contribution in [-0.2, 0) is 6.54 Å². The number of halogens is 1. The zero-order chi connectivity index (χ0) is 16.8. The molecule has 0 N–H and O–H groups in total. The van der Waals surface area contributed by atoms with Gasteiger partial charge in [0.1, 0.15) is 11.6 Å². The van der Waals surface area contributed by atoms with Crippen LogP contribution < -0.4 is 0 Å². The molecule has 3 nitrogen and oxygen atoms in total. The predicted molar refractivity (Wildman–Crippen MR) is 96.2 cm³/mol. The van der Waals surface area contributed by atoms with Gasteiger partial charge in [0.25, 0.3) is 0 Å². The smallest absolute Gasteiger partial charge is 0.123 e. The second-order valence-corrected chi connectivity index (χ2v) is 6.55. The van der Waals surface area contributed by atoms with Gasteiger partial charge in [0.05, 0.1) is 0 Å². The molecule has 1 aromatic carbocycles. The van der Waals surface area contributed by atoms with Gasteiger partial charge in [-0.3, -0.25) is 4.90 Å². The highest BCUT2D eigenvalue weighted by atomic mass is 19.1. The van der Waals surface area contributed by atoms with Crippen LogP contribution in [-0.4, -0.2) is 33.6 Å². The standard InChI is InChI=1S/C20H26FN3/c1-17-22-12-16-23(17)15-11-20-6-2-3-13-24(20)14-4-5-18-7-9-19(21)10-8-18/h4-5,7-10,12,16,20H,2-3,6,11,13-15H2,1H3/b5-4+. The third-order valence-electron chi connectivity index (χ3n) is 4.90. The lowest BCUT2D eigenvalue weighted by atomic mass is 9.99. The van der Waals surface area contributed by atoms with Crippen LogP contribution in [0.3, 0.4) is 0 Å². The van der Waals surface area contributed by atoms with E-state index in [1.807, 2.05) is 18.3 Å². The molecule has 0 amide bonds. The number of aromatic nitrogens is 2. The quantitative estimate of drug-likeness (QED) is 0.789. The average Bonchev–Trinajstić information content (AvgIpc) is 3.01. The van der Waals surface area contributed by atoms with Gasteiger partial charge >= 0.3 is 0 Å². The van der Waals surface area contributed by atoms with Gasteiger partial charge in [0.15, 0.2) is 0 Å². The van der Waals surface area contributed by atoms with Crippen LogP contribution in [0.4, 0.5) is 4.39 Å². The highest BCUT2D eigenvalue weighted by Gasteiger charge is 2.21. The molecule has 1 saturated heterocycles. The lowest BCUT2D eigenvalue weighted by molar-refractivity contribution is 0.152. The fourth-order valence-corrected chi connectivity index (χ4v) is 3.45. The van der Waals surface area contributed by atoms with E-state index in [-0.39, 0.29) is 5.82 Å². The molecule has 2 aromatic rings. The minimum atomic E-state index is -0.182. The topological polar surface area (TPSA) is 21.1 Å². The summed E-state index contributed by atoms with van der Waals surface area (Å²) in [6.07, 6.45) is 13.3. The molecule has 0 aliphatic carbocycles. The molecule has 1 atom stereocenters. The summed E-state index contributed by atoms with van der Waals surface area (Å²) in [5, 5.41) is 0. The van der Waals surface area contributed by atoms with Crippen molar-refractivity contribution in [3.8, 4) is 0 Å². The molecule has 1 aliphatic rings. The van der Waals surface area contributed by atoms with Crippen molar-refractivity contribution >= 4 is 6.08 Å². The van der Waals surface area contributed by atoms with Crippen LogP contribution in [0.15, 0.2) is 42.7 Å². The third-order valence-corrected chi connectivity index (χ3v) is 4.90. The molecule has 2 heterocycles. The van der Waals surface area contributed by atoms with Crippen molar-refractivity contribution in [2.75, 3.05) is 13.1 Å². The SMILES string of the molecule is Cc1nccn1CCC1CCCCN1C/C=C/c1ccc(F)cc1. The first-order chi connectivity index (χ1) is 11.7. The number of hydrogen-bond donors (Lipinski definition) is 0. The summed E-state index contributed by atoms with van der Waals surface area (Å²) in [5.74, 6) is 0.909. The summed E-state index contributed by atoms with van der Waals surface area (Å²) < 4.78 is 15.2. The van der Waals surface area contributed by atoms with Gasteiger partial charge in [-0.25, -0.2) is 9.37 Å². The van der Waals surface area contributed by atoms with E-state index in [1.165, 1.54) is 44.4 Å². The van der Waals surface area contributed by atoms with Crippen LogP contribution in [0.5, 0.6) is 0 Å². The Kier molecular flexibility index (Phi) is 5.81. The number of aryl methyl sites for hydroxylation is 2. The number of benzene rings is 1. The monoisotopic (exact) mass is 327 g/mol. The van der Waals surface area contributed by atoms with E-state index in [2.05, 4.69) is 39.7 Å². The van der Waals surface area contributed by atoms with E-state index in [1.54, 1.807) is 0 Å². The number of likely N-dealkylation sites (tertiary alicyclic amines) is 1. The third kappa shape index (κ3) is 4.54. The second-order valence-electron chi connectivity index (χ2n) is 6.55. The zero-order valence-electron chi connectivity index (χ0n) is 14.4. The maximum atomic E-state index is 12.9. The molecule has 4 heteroatoms. The molecule has 0 spiro atoms. The Labute approximate surface area is 143 Å². The summed E-state index contributed by atoms with van der Waals surface area (Å²) in [6.45, 7) is 5.23. The van der Waals surface area contributed by atoms with Gasteiger partial charge in [-0.15, -0.1) is 0 Å². The van der Waals surface area contributed by atoms with Crippen molar-refractivity contribution in [1.29, 1.82) is 0 Å². The Bertz CT molecular complexity index is 660. The van der Waals surface area contributed by atoms with E-state index in [0.717, 1.165) is 24.5 Å². The van der Waals surface area contributed by atoms with Crippen molar-refractivity contribution in [3.05, 3.63) is 59.9 Å². The number of nitrogens with zero attached hydrogens (tertiary/aromatic N) is 3. The van der Waals surface area contributed by atoms with Crippen LogP contribution >= 0.6 is 0 Å². The molecule has 1 aliphatic heterocycles. The number of imidazole rings is 1. The Morgan fingerprint density at radius 3 is 2.83 bits per heavy atom. The van der Waals surface area contributed by atoms with Crippen molar-refractivity contribution in [3.63, 3.8) is 0 Å². The van der Waals surface area contributed by atoms with Gasteiger partial charge in [0.2, 0.25) is 0 Å². The molecule has 0 radical (unpaired) electrons. The van der Waals surface area contributed by atoms with E-state index in [4.69, 9.17) is 0 Å². The van der Waals surface area contributed by atoms with Crippen LogP contribution in [0.1, 0.15) is 37.1 Å². The predicted octanol–water partition coefficient (Wildman–Crippen LogP) is 4.29. The molecule has 24 heavy (non-hydrogen) atoms. The Morgan fingerprint density at radius 1 is 1.25 bits per heavy atom. The van der Waals surface area contributed by atoms with Crippen molar-refractivity contribution < 1.29 is 4.39 Å². The molecular formula is C20H26FN3. The normalized spacial score (nSPS) is 19.2. The van der Waals surface area contributed by atoms with Gasteiger partial charge in [-0.05, 0) is 50.4 Å². The Morgan fingerprint density at radius 2 is 2.08 bits per heavy atom. The molecule has 1 aromatic heterocycles. The van der Waals surface area contributed by atoms with Gasteiger partial charge in [0, 0.05) is 31.5 Å². The Balaban J connectivity index is 1.54. The summed E-state index contributed by atoms with van der Waals surface area (Å²) >= 11 is 0. The van der Waals surface area contributed by atoms with E-state index in [0.29, 0.717) is 6.04 Å². The molecule has 1 unspecified atom stereocenters. The molecule has 128 valence electrons. The summed E-state index contributed by atoms with van der Waals surface area (Å²) in [7, 11) is 0. The summed E-state index contributed by atoms with van der Waals surface area (Å²) in [4.78, 5) is 6.88. The highest BCUT2D eigenvalue weighted by Crippen LogP contribution is 2.20. The molecule has 0 saturated carbocycles. The molecule has 1 fully saturated rings.